The third kappa shape index (κ3) is 3.07. The minimum atomic E-state index is -0.158. The number of hydrazine groups is 1. The average molecular weight is 277 g/mol. The lowest BCUT2D eigenvalue weighted by molar-refractivity contribution is 0.404. The van der Waals surface area contributed by atoms with Crippen LogP contribution in [0.15, 0.2) is 42.5 Å². The zero-order chi connectivity index (χ0) is 13.8. The second-order valence-electron chi connectivity index (χ2n) is 4.40. The highest BCUT2D eigenvalue weighted by Crippen LogP contribution is 2.31. The SMILES string of the molecule is COc1cc(C)ccc1C(NN)c1cccc(Cl)c1. The van der Waals surface area contributed by atoms with Crippen LogP contribution in [0.5, 0.6) is 5.75 Å². The van der Waals surface area contributed by atoms with Gasteiger partial charge in [-0.15, -0.1) is 0 Å². The summed E-state index contributed by atoms with van der Waals surface area (Å²) in [6, 6.07) is 13.5. The van der Waals surface area contributed by atoms with Crippen molar-refractivity contribution in [2.24, 2.45) is 5.84 Å². The van der Waals surface area contributed by atoms with Gasteiger partial charge < -0.3 is 4.74 Å². The van der Waals surface area contributed by atoms with Gasteiger partial charge in [0.1, 0.15) is 5.75 Å². The molecule has 0 saturated carbocycles. The van der Waals surface area contributed by atoms with Gasteiger partial charge in [0.05, 0.1) is 13.2 Å². The molecule has 3 N–H and O–H groups in total. The smallest absolute Gasteiger partial charge is 0.124 e. The first-order valence-electron chi connectivity index (χ1n) is 6.02. The predicted molar refractivity (Wildman–Crippen MR) is 78.3 cm³/mol. The lowest BCUT2D eigenvalue weighted by Gasteiger charge is -2.20. The van der Waals surface area contributed by atoms with Gasteiger partial charge in [0, 0.05) is 10.6 Å². The van der Waals surface area contributed by atoms with Crippen molar-refractivity contribution in [2.45, 2.75) is 13.0 Å². The maximum atomic E-state index is 6.03. The molecule has 0 bridgehead atoms. The van der Waals surface area contributed by atoms with Gasteiger partial charge in [-0.1, -0.05) is 35.9 Å². The van der Waals surface area contributed by atoms with E-state index in [0.29, 0.717) is 5.02 Å². The number of ether oxygens (including phenoxy) is 1. The Morgan fingerprint density at radius 1 is 1.21 bits per heavy atom. The first-order valence-corrected chi connectivity index (χ1v) is 6.39. The van der Waals surface area contributed by atoms with E-state index >= 15 is 0 Å². The second kappa shape index (κ2) is 6.06. The minimum absolute atomic E-state index is 0.158. The number of benzene rings is 2. The summed E-state index contributed by atoms with van der Waals surface area (Å²) in [5.41, 5.74) is 5.94. The van der Waals surface area contributed by atoms with Crippen molar-refractivity contribution in [3.8, 4) is 5.75 Å². The molecule has 2 aromatic carbocycles. The molecule has 1 unspecified atom stereocenters. The van der Waals surface area contributed by atoms with E-state index in [1.165, 1.54) is 0 Å². The molecule has 2 aromatic rings. The average Bonchev–Trinajstić information content (AvgIpc) is 2.41. The fourth-order valence-corrected chi connectivity index (χ4v) is 2.31. The monoisotopic (exact) mass is 276 g/mol. The summed E-state index contributed by atoms with van der Waals surface area (Å²) in [6.45, 7) is 2.02. The molecule has 0 heterocycles. The number of hydrogen-bond acceptors (Lipinski definition) is 3. The summed E-state index contributed by atoms with van der Waals surface area (Å²) in [5.74, 6) is 6.51. The maximum Gasteiger partial charge on any atom is 0.124 e. The molecule has 0 aliphatic heterocycles. The molecule has 0 aliphatic carbocycles. The molecule has 0 radical (unpaired) electrons. The summed E-state index contributed by atoms with van der Waals surface area (Å²) in [7, 11) is 1.66. The fraction of sp³-hybridized carbons (Fsp3) is 0.200. The number of hydrogen-bond donors (Lipinski definition) is 2. The number of nitrogens with two attached hydrogens (primary N) is 1. The molecule has 19 heavy (non-hydrogen) atoms. The van der Waals surface area contributed by atoms with Crippen molar-refractivity contribution in [3.63, 3.8) is 0 Å². The first-order chi connectivity index (χ1) is 9.15. The van der Waals surface area contributed by atoms with Crippen molar-refractivity contribution >= 4 is 11.6 Å². The van der Waals surface area contributed by atoms with Gasteiger partial charge in [0.2, 0.25) is 0 Å². The van der Waals surface area contributed by atoms with Gasteiger partial charge >= 0.3 is 0 Å². The van der Waals surface area contributed by atoms with E-state index in [2.05, 4.69) is 5.43 Å². The second-order valence-corrected chi connectivity index (χ2v) is 4.84. The van der Waals surface area contributed by atoms with Crippen LogP contribution in [-0.2, 0) is 0 Å². The van der Waals surface area contributed by atoms with Crippen molar-refractivity contribution in [3.05, 3.63) is 64.2 Å². The van der Waals surface area contributed by atoms with E-state index in [0.717, 1.165) is 22.4 Å². The maximum absolute atomic E-state index is 6.03. The number of aryl methyl sites for hydroxylation is 1. The quantitative estimate of drug-likeness (QED) is 0.666. The zero-order valence-electron chi connectivity index (χ0n) is 11.0. The topological polar surface area (TPSA) is 47.3 Å². The largest absolute Gasteiger partial charge is 0.496 e. The third-order valence-corrected chi connectivity index (χ3v) is 3.28. The Bertz CT molecular complexity index is 572. The van der Waals surface area contributed by atoms with Crippen molar-refractivity contribution in [1.82, 2.24) is 5.43 Å². The van der Waals surface area contributed by atoms with Crippen LogP contribution in [0.1, 0.15) is 22.7 Å². The highest BCUT2D eigenvalue weighted by molar-refractivity contribution is 6.30. The van der Waals surface area contributed by atoms with Gasteiger partial charge in [-0.3, -0.25) is 5.84 Å². The van der Waals surface area contributed by atoms with E-state index in [4.69, 9.17) is 22.2 Å². The zero-order valence-corrected chi connectivity index (χ0v) is 11.7. The van der Waals surface area contributed by atoms with Crippen LogP contribution in [0.4, 0.5) is 0 Å². The Kier molecular flexibility index (Phi) is 4.43. The summed E-state index contributed by atoms with van der Waals surface area (Å²) in [6.07, 6.45) is 0. The van der Waals surface area contributed by atoms with Crippen LogP contribution >= 0.6 is 11.6 Å². The lowest BCUT2D eigenvalue weighted by atomic mass is 9.97. The molecule has 4 heteroatoms. The van der Waals surface area contributed by atoms with Gasteiger partial charge in [-0.05, 0) is 36.2 Å². The van der Waals surface area contributed by atoms with Gasteiger partial charge in [0.15, 0.2) is 0 Å². The van der Waals surface area contributed by atoms with Crippen molar-refractivity contribution in [1.29, 1.82) is 0 Å². The molecule has 2 rings (SSSR count). The highest BCUT2D eigenvalue weighted by atomic mass is 35.5. The molecule has 0 aliphatic rings. The molecule has 3 nitrogen and oxygen atoms in total. The molecule has 0 aromatic heterocycles. The van der Waals surface area contributed by atoms with Crippen molar-refractivity contribution < 1.29 is 4.74 Å². The van der Waals surface area contributed by atoms with Gasteiger partial charge in [-0.25, -0.2) is 5.43 Å². The van der Waals surface area contributed by atoms with E-state index in [-0.39, 0.29) is 6.04 Å². The van der Waals surface area contributed by atoms with Gasteiger partial charge in [0.25, 0.3) is 0 Å². The molecule has 1 atom stereocenters. The lowest BCUT2D eigenvalue weighted by Crippen LogP contribution is -2.29. The molecular weight excluding hydrogens is 260 g/mol. The van der Waals surface area contributed by atoms with E-state index in [9.17, 15) is 0 Å². The minimum Gasteiger partial charge on any atom is -0.496 e. The molecular formula is C15H17ClN2O. The van der Waals surface area contributed by atoms with Crippen molar-refractivity contribution in [2.75, 3.05) is 7.11 Å². The van der Waals surface area contributed by atoms with Crippen LogP contribution in [0.25, 0.3) is 0 Å². The Morgan fingerprint density at radius 3 is 2.63 bits per heavy atom. The van der Waals surface area contributed by atoms with Crippen LogP contribution in [0, 0.1) is 6.92 Å². The van der Waals surface area contributed by atoms with Crippen LogP contribution in [0.3, 0.4) is 0 Å². The van der Waals surface area contributed by atoms with Crippen LogP contribution in [0.2, 0.25) is 5.02 Å². The first kappa shape index (κ1) is 13.9. The Hall–Kier alpha value is -1.55. The summed E-state index contributed by atoms with van der Waals surface area (Å²) in [4.78, 5) is 0. The summed E-state index contributed by atoms with van der Waals surface area (Å²) >= 11 is 6.03. The Labute approximate surface area is 118 Å². The number of halogens is 1. The fourth-order valence-electron chi connectivity index (χ4n) is 2.11. The van der Waals surface area contributed by atoms with Crippen LogP contribution in [-0.4, -0.2) is 7.11 Å². The van der Waals surface area contributed by atoms with Gasteiger partial charge in [-0.2, -0.15) is 0 Å². The Balaban J connectivity index is 2.48. The molecule has 0 amide bonds. The molecule has 0 spiro atoms. The Morgan fingerprint density at radius 2 is 2.00 bits per heavy atom. The number of rotatable bonds is 4. The van der Waals surface area contributed by atoms with Crippen LogP contribution < -0.4 is 16.0 Å². The normalized spacial score (nSPS) is 12.2. The molecule has 0 fully saturated rings. The van der Waals surface area contributed by atoms with E-state index in [1.54, 1.807) is 7.11 Å². The predicted octanol–water partition coefficient (Wildman–Crippen LogP) is 3.21. The summed E-state index contributed by atoms with van der Waals surface area (Å²) in [5, 5.41) is 0.684. The standard InChI is InChI=1S/C15H17ClN2O/c1-10-6-7-13(14(8-10)19-2)15(18-17)11-4-3-5-12(16)9-11/h3-9,15,18H,17H2,1-2H3. The van der Waals surface area contributed by atoms with E-state index < -0.39 is 0 Å². The highest BCUT2D eigenvalue weighted by Gasteiger charge is 2.17. The third-order valence-electron chi connectivity index (χ3n) is 3.05. The summed E-state index contributed by atoms with van der Waals surface area (Å²) < 4.78 is 5.43. The van der Waals surface area contributed by atoms with E-state index in [1.807, 2.05) is 49.4 Å². The number of nitrogens with one attached hydrogen (secondary N) is 1. The molecule has 100 valence electrons. The number of methoxy groups -OCH3 is 1. The molecule has 0 saturated heterocycles.